The molecule has 0 unspecified atom stereocenters. The van der Waals surface area contributed by atoms with Crippen LogP contribution in [0.2, 0.25) is 0 Å². The van der Waals surface area contributed by atoms with Gasteiger partial charge in [-0.15, -0.1) is 0 Å². The Labute approximate surface area is 113 Å². The average Bonchev–Trinajstić information content (AvgIpc) is 2.35. The first-order valence-electron chi connectivity index (χ1n) is 6.85. The average molecular weight is 264 g/mol. The minimum atomic E-state index is -0.226. The summed E-state index contributed by atoms with van der Waals surface area (Å²) in [5.41, 5.74) is 7.45. The lowest BCUT2D eigenvalue weighted by atomic mass is 9.82. The van der Waals surface area contributed by atoms with Crippen LogP contribution in [0.4, 0.5) is 10.1 Å². The maximum atomic E-state index is 13.2. The van der Waals surface area contributed by atoms with E-state index in [1.807, 2.05) is 0 Å². The number of carbonyl (C=O) groups excluding carboxylic acids is 1. The summed E-state index contributed by atoms with van der Waals surface area (Å²) in [5.74, 6) is 0.350. The maximum Gasteiger partial charge on any atom is 0.217 e. The molecule has 1 aromatic carbocycles. The third-order valence-corrected chi connectivity index (χ3v) is 3.87. The predicted molar refractivity (Wildman–Crippen MR) is 74.1 cm³/mol. The number of hydrogen-bond acceptors (Lipinski definition) is 2. The van der Waals surface area contributed by atoms with Crippen LogP contribution in [0.15, 0.2) is 18.2 Å². The standard InChI is InChI=1S/C15H21FN2O/c1-10(19)18-14-5-2-11(3-6-14)8-12-9-13(16)4-7-15(12)17/h4,7,9,11,14H,2-3,5-6,8,17H2,1H3,(H,18,19)/t11-,14-. The molecule has 3 N–H and O–H groups in total. The molecule has 1 aliphatic rings. The van der Waals surface area contributed by atoms with E-state index >= 15 is 0 Å². The minimum absolute atomic E-state index is 0.0397. The number of amides is 1. The van der Waals surface area contributed by atoms with Gasteiger partial charge in [0, 0.05) is 18.7 Å². The predicted octanol–water partition coefficient (Wildman–Crippen LogP) is 2.65. The summed E-state index contributed by atoms with van der Waals surface area (Å²) in [6.07, 6.45) is 4.94. The van der Waals surface area contributed by atoms with E-state index in [0.717, 1.165) is 37.7 Å². The van der Waals surface area contributed by atoms with Gasteiger partial charge in [0.25, 0.3) is 0 Å². The highest BCUT2D eigenvalue weighted by Gasteiger charge is 2.22. The molecule has 19 heavy (non-hydrogen) atoms. The first-order valence-corrected chi connectivity index (χ1v) is 6.85. The zero-order valence-electron chi connectivity index (χ0n) is 11.3. The van der Waals surface area contributed by atoms with E-state index in [2.05, 4.69) is 5.32 Å². The molecule has 1 aliphatic carbocycles. The molecule has 0 radical (unpaired) electrons. The molecular formula is C15H21FN2O. The maximum absolute atomic E-state index is 13.2. The molecule has 3 nitrogen and oxygen atoms in total. The van der Waals surface area contributed by atoms with Crippen LogP contribution in [-0.2, 0) is 11.2 Å². The Balaban J connectivity index is 1.88. The third kappa shape index (κ3) is 3.94. The molecule has 1 amide bonds. The normalized spacial score (nSPS) is 23.1. The van der Waals surface area contributed by atoms with Crippen LogP contribution >= 0.6 is 0 Å². The van der Waals surface area contributed by atoms with Crippen molar-refractivity contribution in [3.8, 4) is 0 Å². The van der Waals surface area contributed by atoms with Crippen LogP contribution in [0, 0.1) is 11.7 Å². The molecule has 2 rings (SSSR count). The Kier molecular flexibility index (Phi) is 4.40. The highest BCUT2D eigenvalue weighted by molar-refractivity contribution is 5.73. The molecule has 1 fully saturated rings. The smallest absolute Gasteiger partial charge is 0.217 e. The fourth-order valence-electron chi connectivity index (χ4n) is 2.86. The minimum Gasteiger partial charge on any atom is -0.399 e. The molecule has 0 aromatic heterocycles. The van der Waals surface area contributed by atoms with Crippen molar-refractivity contribution < 1.29 is 9.18 Å². The van der Waals surface area contributed by atoms with Gasteiger partial charge in [-0.2, -0.15) is 0 Å². The summed E-state index contributed by atoms with van der Waals surface area (Å²) >= 11 is 0. The summed E-state index contributed by atoms with van der Waals surface area (Å²) in [5, 5.41) is 2.96. The zero-order chi connectivity index (χ0) is 13.8. The van der Waals surface area contributed by atoms with Gasteiger partial charge in [-0.3, -0.25) is 4.79 Å². The summed E-state index contributed by atoms with van der Waals surface area (Å²) in [6.45, 7) is 1.56. The number of nitrogen functional groups attached to an aromatic ring is 1. The highest BCUT2D eigenvalue weighted by atomic mass is 19.1. The van der Waals surface area contributed by atoms with E-state index in [4.69, 9.17) is 5.73 Å². The van der Waals surface area contributed by atoms with Gasteiger partial charge < -0.3 is 11.1 Å². The Morgan fingerprint density at radius 3 is 2.68 bits per heavy atom. The van der Waals surface area contributed by atoms with E-state index in [0.29, 0.717) is 17.6 Å². The Morgan fingerprint density at radius 1 is 1.37 bits per heavy atom. The molecular weight excluding hydrogens is 243 g/mol. The number of hydrogen-bond donors (Lipinski definition) is 2. The largest absolute Gasteiger partial charge is 0.399 e. The lowest BCUT2D eigenvalue weighted by molar-refractivity contribution is -0.119. The van der Waals surface area contributed by atoms with Gasteiger partial charge in [0.2, 0.25) is 5.91 Å². The fourth-order valence-corrected chi connectivity index (χ4v) is 2.86. The Bertz CT molecular complexity index is 453. The number of anilines is 1. The van der Waals surface area contributed by atoms with Gasteiger partial charge >= 0.3 is 0 Å². The van der Waals surface area contributed by atoms with Crippen LogP contribution in [0.25, 0.3) is 0 Å². The molecule has 0 heterocycles. The Morgan fingerprint density at radius 2 is 2.05 bits per heavy atom. The SMILES string of the molecule is CC(=O)N[C@H]1CC[C@H](Cc2cc(F)ccc2N)CC1. The number of benzene rings is 1. The van der Waals surface area contributed by atoms with Crippen LogP contribution < -0.4 is 11.1 Å². The second-order valence-corrected chi connectivity index (χ2v) is 5.47. The van der Waals surface area contributed by atoms with Crippen molar-refractivity contribution in [2.24, 2.45) is 5.92 Å². The van der Waals surface area contributed by atoms with Crippen LogP contribution in [-0.4, -0.2) is 11.9 Å². The molecule has 0 bridgehead atoms. The quantitative estimate of drug-likeness (QED) is 0.825. The zero-order valence-corrected chi connectivity index (χ0v) is 11.3. The van der Waals surface area contributed by atoms with Crippen molar-refractivity contribution >= 4 is 11.6 Å². The first kappa shape index (κ1) is 13.8. The van der Waals surface area contributed by atoms with E-state index < -0.39 is 0 Å². The molecule has 0 aliphatic heterocycles. The molecule has 4 heteroatoms. The van der Waals surface area contributed by atoms with Crippen molar-refractivity contribution in [1.82, 2.24) is 5.32 Å². The molecule has 104 valence electrons. The highest BCUT2D eigenvalue weighted by Crippen LogP contribution is 2.29. The number of rotatable bonds is 3. The number of nitrogens with two attached hydrogens (primary N) is 1. The van der Waals surface area contributed by atoms with Crippen LogP contribution in [0.5, 0.6) is 0 Å². The van der Waals surface area contributed by atoms with E-state index in [1.165, 1.54) is 12.1 Å². The van der Waals surface area contributed by atoms with Gasteiger partial charge in [0.05, 0.1) is 0 Å². The van der Waals surface area contributed by atoms with E-state index in [1.54, 1.807) is 13.0 Å². The number of halogens is 1. The van der Waals surface area contributed by atoms with Gasteiger partial charge in [-0.25, -0.2) is 4.39 Å². The van der Waals surface area contributed by atoms with Crippen molar-refractivity contribution in [3.63, 3.8) is 0 Å². The molecule has 0 atom stereocenters. The molecule has 0 saturated heterocycles. The van der Waals surface area contributed by atoms with Crippen molar-refractivity contribution in [3.05, 3.63) is 29.6 Å². The third-order valence-electron chi connectivity index (χ3n) is 3.87. The van der Waals surface area contributed by atoms with Gasteiger partial charge in [0.15, 0.2) is 0 Å². The second kappa shape index (κ2) is 6.04. The molecule has 1 saturated carbocycles. The Hall–Kier alpha value is -1.58. The summed E-state index contributed by atoms with van der Waals surface area (Å²) in [7, 11) is 0. The van der Waals surface area contributed by atoms with Crippen LogP contribution in [0.3, 0.4) is 0 Å². The van der Waals surface area contributed by atoms with Crippen molar-refractivity contribution in [1.29, 1.82) is 0 Å². The number of carbonyl (C=O) groups is 1. The second-order valence-electron chi connectivity index (χ2n) is 5.47. The topological polar surface area (TPSA) is 55.1 Å². The lowest BCUT2D eigenvalue weighted by Gasteiger charge is -2.29. The molecule has 1 aromatic rings. The summed E-state index contributed by atoms with van der Waals surface area (Å²) in [4.78, 5) is 11.0. The number of nitrogens with one attached hydrogen (secondary N) is 1. The first-order chi connectivity index (χ1) is 9.04. The van der Waals surface area contributed by atoms with Gasteiger partial charge in [-0.1, -0.05) is 0 Å². The van der Waals surface area contributed by atoms with Crippen molar-refractivity contribution in [2.45, 2.75) is 45.1 Å². The summed E-state index contributed by atoms with van der Waals surface area (Å²) in [6, 6.07) is 4.87. The van der Waals surface area contributed by atoms with E-state index in [-0.39, 0.29) is 11.7 Å². The van der Waals surface area contributed by atoms with Gasteiger partial charge in [0.1, 0.15) is 5.82 Å². The van der Waals surface area contributed by atoms with Crippen LogP contribution in [0.1, 0.15) is 38.2 Å². The lowest BCUT2D eigenvalue weighted by Crippen LogP contribution is -2.36. The fraction of sp³-hybridized carbons (Fsp3) is 0.533. The molecule has 0 spiro atoms. The monoisotopic (exact) mass is 264 g/mol. The summed E-state index contributed by atoms with van der Waals surface area (Å²) < 4.78 is 13.2. The van der Waals surface area contributed by atoms with E-state index in [9.17, 15) is 9.18 Å². The van der Waals surface area contributed by atoms with Crippen molar-refractivity contribution in [2.75, 3.05) is 5.73 Å². The van der Waals surface area contributed by atoms with Gasteiger partial charge in [-0.05, 0) is 61.8 Å².